The lowest BCUT2D eigenvalue weighted by atomic mass is 10.0. The molecule has 3 N–H and O–H groups in total. The Morgan fingerprint density at radius 3 is 2.55 bits per heavy atom. The third-order valence-electron chi connectivity index (χ3n) is 5.04. The van der Waals surface area contributed by atoms with Crippen molar-refractivity contribution in [3.8, 4) is 11.1 Å². The summed E-state index contributed by atoms with van der Waals surface area (Å²) in [7, 11) is 0. The van der Waals surface area contributed by atoms with Gasteiger partial charge in [0.25, 0.3) is 0 Å². The number of carbonyl (C=O) groups is 1. The number of aliphatic hydroxyl groups is 1. The Labute approximate surface area is 172 Å². The van der Waals surface area contributed by atoms with Gasteiger partial charge in [-0.05, 0) is 61.2 Å². The molecule has 0 saturated carbocycles. The van der Waals surface area contributed by atoms with Gasteiger partial charge in [0.05, 0.1) is 13.2 Å². The van der Waals surface area contributed by atoms with E-state index < -0.39 is 6.23 Å². The van der Waals surface area contributed by atoms with Crippen molar-refractivity contribution in [2.45, 2.75) is 32.4 Å². The highest BCUT2D eigenvalue weighted by molar-refractivity contribution is 5.89. The molecule has 1 heterocycles. The van der Waals surface area contributed by atoms with Crippen molar-refractivity contribution >= 4 is 17.3 Å². The number of carbonyl (C=O) groups excluding carboxylic acids is 1. The quantitative estimate of drug-likeness (QED) is 0.446. The van der Waals surface area contributed by atoms with Gasteiger partial charge in [0.1, 0.15) is 6.23 Å². The van der Waals surface area contributed by atoms with E-state index in [2.05, 4.69) is 15.5 Å². The van der Waals surface area contributed by atoms with Crippen LogP contribution in [-0.2, 0) is 9.53 Å². The number of anilines is 2. The lowest BCUT2D eigenvalue weighted by Gasteiger charge is -2.26. The monoisotopic (exact) mass is 397 g/mol. The molecule has 156 valence electrons. The van der Waals surface area contributed by atoms with Crippen LogP contribution in [0.5, 0.6) is 0 Å². The molecule has 3 rings (SSSR count). The van der Waals surface area contributed by atoms with E-state index in [1.165, 1.54) is 6.92 Å². The van der Waals surface area contributed by atoms with Crippen LogP contribution in [0.25, 0.3) is 11.1 Å². The van der Waals surface area contributed by atoms with Crippen molar-refractivity contribution in [2.75, 3.05) is 43.5 Å². The maximum absolute atomic E-state index is 11.2. The van der Waals surface area contributed by atoms with Gasteiger partial charge in [0.2, 0.25) is 5.91 Å². The number of benzene rings is 2. The highest BCUT2D eigenvalue weighted by atomic mass is 16.5. The summed E-state index contributed by atoms with van der Waals surface area (Å²) < 4.78 is 5.36. The molecule has 1 atom stereocenters. The molecule has 6 heteroatoms. The molecule has 2 aromatic carbocycles. The van der Waals surface area contributed by atoms with E-state index in [0.717, 1.165) is 74.6 Å². The standard InChI is InChI=1S/C23H31N3O3/c1-18(27)24-22-6-4-5-20(17-22)19-8-10-21(11-9-19)25-23(28)7-2-3-12-26-13-15-29-16-14-26/h4-6,8-11,17,23,25,28H,2-3,7,12-16H2,1H3,(H,24,27). The van der Waals surface area contributed by atoms with Crippen LogP contribution in [0.1, 0.15) is 26.2 Å². The van der Waals surface area contributed by atoms with Gasteiger partial charge in [-0.25, -0.2) is 0 Å². The minimum absolute atomic E-state index is 0.0827. The Kier molecular flexibility index (Phi) is 8.04. The van der Waals surface area contributed by atoms with Gasteiger partial charge in [-0.3, -0.25) is 9.69 Å². The minimum Gasteiger partial charge on any atom is -0.379 e. The van der Waals surface area contributed by atoms with Crippen molar-refractivity contribution in [1.82, 2.24) is 4.90 Å². The molecule has 0 spiro atoms. The second-order valence-corrected chi connectivity index (χ2v) is 7.45. The lowest BCUT2D eigenvalue weighted by Crippen LogP contribution is -2.36. The number of aliphatic hydroxyl groups excluding tert-OH is 1. The molecular weight excluding hydrogens is 366 g/mol. The van der Waals surface area contributed by atoms with Crippen LogP contribution in [0.3, 0.4) is 0 Å². The van der Waals surface area contributed by atoms with Crippen molar-refractivity contribution in [1.29, 1.82) is 0 Å². The summed E-state index contributed by atoms with van der Waals surface area (Å²) in [5, 5.41) is 16.2. The fraction of sp³-hybridized carbons (Fsp3) is 0.435. The normalized spacial score (nSPS) is 15.7. The van der Waals surface area contributed by atoms with Gasteiger partial charge < -0.3 is 20.5 Å². The number of hydrogen-bond acceptors (Lipinski definition) is 5. The fourth-order valence-electron chi connectivity index (χ4n) is 3.50. The number of nitrogens with one attached hydrogen (secondary N) is 2. The highest BCUT2D eigenvalue weighted by Crippen LogP contribution is 2.24. The average molecular weight is 398 g/mol. The summed E-state index contributed by atoms with van der Waals surface area (Å²) in [5.74, 6) is -0.0827. The Bertz CT molecular complexity index is 773. The van der Waals surface area contributed by atoms with E-state index >= 15 is 0 Å². The molecule has 0 aromatic heterocycles. The molecule has 6 nitrogen and oxygen atoms in total. The molecule has 2 aromatic rings. The first-order chi connectivity index (χ1) is 14.1. The number of unbranched alkanes of at least 4 members (excludes halogenated alkanes) is 1. The van der Waals surface area contributed by atoms with E-state index in [1.54, 1.807) is 0 Å². The summed E-state index contributed by atoms with van der Waals surface area (Å²) in [5.41, 5.74) is 3.77. The zero-order chi connectivity index (χ0) is 20.5. The van der Waals surface area contributed by atoms with Gasteiger partial charge in [-0.1, -0.05) is 24.3 Å². The number of rotatable bonds is 9. The van der Waals surface area contributed by atoms with Crippen molar-refractivity contribution in [3.63, 3.8) is 0 Å². The van der Waals surface area contributed by atoms with E-state index in [1.807, 2.05) is 48.5 Å². The second kappa shape index (κ2) is 11.0. The second-order valence-electron chi connectivity index (χ2n) is 7.45. The molecule has 29 heavy (non-hydrogen) atoms. The van der Waals surface area contributed by atoms with Crippen molar-refractivity contribution in [3.05, 3.63) is 48.5 Å². The molecule has 1 aliphatic heterocycles. The van der Waals surface area contributed by atoms with Crippen LogP contribution in [0.4, 0.5) is 11.4 Å². The number of morpholine rings is 1. The van der Waals surface area contributed by atoms with Gasteiger partial charge in [-0.2, -0.15) is 0 Å². The average Bonchev–Trinajstić information content (AvgIpc) is 2.72. The Morgan fingerprint density at radius 2 is 1.83 bits per heavy atom. The summed E-state index contributed by atoms with van der Waals surface area (Å²) in [4.78, 5) is 13.7. The molecule has 0 aliphatic carbocycles. The Hall–Kier alpha value is -2.41. The molecular formula is C23H31N3O3. The summed E-state index contributed by atoms with van der Waals surface area (Å²) in [6.07, 6.45) is 2.25. The number of ether oxygens (including phenoxy) is 1. The van der Waals surface area contributed by atoms with Gasteiger partial charge in [0.15, 0.2) is 0 Å². The molecule has 1 amide bonds. The molecule has 1 unspecified atom stereocenters. The first kappa shape index (κ1) is 21.3. The SMILES string of the molecule is CC(=O)Nc1cccc(-c2ccc(NC(O)CCCCN3CCOCC3)cc2)c1. The van der Waals surface area contributed by atoms with Gasteiger partial charge in [0, 0.05) is 31.4 Å². The van der Waals surface area contributed by atoms with Crippen LogP contribution in [0, 0.1) is 0 Å². The third-order valence-corrected chi connectivity index (χ3v) is 5.04. The summed E-state index contributed by atoms with van der Waals surface area (Å²) >= 11 is 0. The molecule has 1 aliphatic rings. The lowest BCUT2D eigenvalue weighted by molar-refractivity contribution is -0.114. The smallest absolute Gasteiger partial charge is 0.221 e. The molecule has 1 saturated heterocycles. The van der Waals surface area contributed by atoms with Crippen molar-refractivity contribution in [2.24, 2.45) is 0 Å². The first-order valence-electron chi connectivity index (χ1n) is 10.3. The molecule has 0 bridgehead atoms. The zero-order valence-electron chi connectivity index (χ0n) is 17.1. The molecule has 1 fully saturated rings. The highest BCUT2D eigenvalue weighted by Gasteiger charge is 2.10. The number of hydrogen-bond donors (Lipinski definition) is 3. The van der Waals surface area contributed by atoms with Crippen LogP contribution in [-0.4, -0.2) is 55.0 Å². The van der Waals surface area contributed by atoms with E-state index in [4.69, 9.17) is 4.74 Å². The van der Waals surface area contributed by atoms with Crippen LogP contribution >= 0.6 is 0 Å². The van der Waals surface area contributed by atoms with E-state index in [9.17, 15) is 9.90 Å². The molecule has 0 radical (unpaired) electrons. The van der Waals surface area contributed by atoms with Crippen LogP contribution in [0.2, 0.25) is 0 Å². The van der Waals surface area contributed by atoms with E-state index in [0.29, 0.717) is 0 Å². The maximum atomic E-state index is 11.2. The van der Waals surface area contributed by atoms with E-state index in [-0.39, 0.29) is 5.91 Å². The Morgan fingerprint density at radius 1 is 1.07 bits per heavy atom. The predicted octanol–water partition coefficient (Wildman–Crippen LogP) is 3.54. The zero-order valence-corrected chi connectivity index (χ0v) is 17.1. The third kappa shape index (κ3) is 7.16. The fourth-order valence-corrected chi connectivity index (χ4v) is 3.50. The summed E-state index contributed by atoms with van der Waals surface area (Å²) in [6, 6.07) is 15.7. The largest absolute Gasteiger partial charge is 0.379 e. The summed E-state index contributed by atoms with van der Waals surface area (Å²) in [6.45, 7) is 6.26. The predicted molar refractivity (Wildman–Crippen MR) is 117 cm³/mol. The minimum atomic E-state index is -0.548. The number of nitrogens with zero attached hydrogens (tertiary/aromatic N) is 1. The van der Waals surface area contributed by atoms with Crippen molar-refractivity contribution < 1.29 is 14.6 Å². The van der Waals surface area contributed by atoms with Crippen LogP contribution in [0.15, 0.2) is 48.5 Å². The maximum Gasteiger partial charge on any atom is 0.221 e. The van der Waals surface area contributed by atoms with Gasteiger partial charge in [-0.15, -0.1) is 0 Å². The first-order valence-corrected chi connectivity index (χ1v) is 10.3. The van der Waals surface area contributed by atoms with Gasteiger partial charge >= 0.3 is 0 Å². The number of amides is 1. The van der Waals surface area contributed by atoms with Crippen LogP contribution < -0.4 is 10.6 Å². The Balaban J connectivity index is 1.44. The topological polar surface area (TPSA) is 73.8 Å².